The van der Waals surface area contributed by atoms with Crippen molar-refractivity contribution in [1.29, 1.82) is 0 Å². The van der Waals surface area contributed by atoms with Gasteiger partial charge in [-0.2, -0.15) is 0 Å². The van der Waals surface area contributed by atoms with E-state index in [4.69, 9.17) is 37.9 Å². The maximum Gasteiger partial charge on any atom is 0.224 e. The predicted octanol–water partition coefficient (Wildman–Crippen LogP) is 4.54. The monoisotopic (exact) mass is 703 g/mol. The number of hydrogen-bond acceptors (Lipinski definition) is 11. The van der Waals surface area contributed by atoms with Crippen LogP contribution in [0.25, 0.3) is 0 Å². The molecule has 288 valence electrons. The topological polar surface area (TPSA) is 128 Å². The van der Waals surface area contributed by atoms with E-state index in [0.717, 1.165) is 12.8 Å². The van der Waals surface area contributed by atoms with Gasteiger partial charge in [0.1, 0.15) is 11.6 Å². The summed E-state index contributed by atoms with van der Waals surface area (Å²) in [5.41, 5.74) is -1.22. The lowest BCUT2D eigenvalue weighted by molar-refractivity contribution is -0.138. The molecule has 0 unspecified atom stereocenters. The first-order chi connectivity index (χ1) is 23.4. The number of hydrogen-bond donors (Lipinski definition) is 0. The molecule has 0 aromatic carbocycles. The molecule has 1 aliphatic heterocycles. The van der Waals surface area contributed by atoms with Gasteiger partial charge >= 0.3 is 0 Å². The van der Waals surface area contributed by atoms with Gasteiger partial charge in [-0.1, -0.05) is 41.5 Å². The van der Waals surface area contributed by atoms with E-state index in [1.807, 2.05) is 32.6 Å². The van der Waals surface area contributed by atoms with E-state index in [1.54, 1.807) is 7.11 Å². The van der Waals surface area contributed by atoms with Crippen molar-refractivity contribution in [2.24, 2.45) is 16.2 Å². The van der Waals surface area contributed by atoms with Crippen molar-refractivity contribution in [3.63, 3.8) is 0 Å². The molecule has 0 spiro atoms. The first-order valence-corrected chi connectivity index (χ1v) is 18.3. The maximum atomic E-state index is 13.4. The highest BCUT2D eigenvalue weighted by atomic mass is 16.6. The van der Waals surface area contributed by atoms with Gasteiger partial charge in [0.25, 0.3) is 0 Å². The molecule has 1 saturated heterocycles. The van der Waals surface area contributed by atoms with Crippen LogP contribution in [0.3, 0.4) is 0 Å². The second kappa shape index (κ2) is 26.3. The van der Waals surface area contributed by atoms with Gasteiger partial charge in [-0.15, -0.1) is 0 Å². The van der Waals surface area contributed by atoms with Crippen LogP contribution in [0.15, 0.2) is 0 Å². The molecule has 0 atom stereocenters. The number of ketones is 2. The number of Topliss-reactive ketones (excluding diaryl/α,β-unsaturated/α-hetero) is 2. The number of methoxy groups -OCH3 is 1. The fraction of sp³-hybridized carbons (Fsp3) is 0.919. The minimum atomic E-state index is -0.459. The molecule has 0 bridgehead atoms. The number of ether oxygens (including phenoxy) is 8. The number of piperidine rings is 1. The van der Waals surface area contributed by atoms with Gasteiger partial charge in [0.15, 0.2) is 0 Å². The highest BCUT2D eigenvalue weighted by Gasteiger charge is 2.43. The molecular weight excluding hydrogens is 634 g/mol. The lowest BCUT2D eigenvalue weighted by Gasteiger charge is -2.43. The third-order valence-corrected chi connectivity index (χ3v) is 9.44. The van der Waals surface area contributed by atoms with Gasteiger partial charge in [-0.3, -0.25) is 14.4 Å². The van der Waals surface area contributed by atoms with E-state index >= 15 is 0 Å². The number of carbonyl (C=O) groups excluding carboxylic acids is 3. The van der Waals surface area contributed by atoms with Crippen molar-refractivity contribution in [3.05, 3.63) is 0 Å². The minimum absolute atomic E-state index is 0.0433. The normalized spacial score (nSPS) is 15.1. The maximum absolute atomic E-state index is 13.4. The Labute approximate surface area is 296 Å². The number of likely N-dealkylation sites (tertiary alicyclic amines) is 1. The van der Waals surface area contributed by atoms with Gasteiger partial charge in [0.05, 0.1) is 106 Å². The third kappa shape index (κ3) is 20.2. The zero-order chi connectivity index (χ0) is 36.4. The summed E-state index contributed by atoms with van der Waals surface area (Å²) in [6, 6.07) is 0. The van der Waals surface area contributed by atoms with Crippen LogP contribution in [0.2, 0.25) is 0 Å². The first kappa shape index (κ1) is 45.5. The average Bonchev–Trinajstić information content (AvgIpc) is 3.07. The lowest BCUT2D eigenvalue weighted by Crippen LogP contribution is -2.47. The second-order valence-corrected chi connectivity index (χ2v) is 14.1. The van der Waals surface area contributed by atoms with Crippen LogP contribution in [0.4, 0.5) is 0 Å². The summed E-state index contributed by atoms with van der Waals surface area (Å²) in [5, 5.41) is 0. The smallest absolute Gasteiger partial charge is 0.224 e. The van der Waals surface area contributed by atoms with Crippen molar-refractivity contribution < 1.29 is 52.3 Å². The summed E-state index contributed by atoms with van der Waals surface area (Å²) in [5.74, 6) is 0.460. The van der Waals surface area contributed by atoms with Crippen molar-refractivity contribution >= 4 is 17.5 Å². The molecule has 0 aromatic heterocycles. The number of carbonyl (C=O) groups is 3. The van der Waals surface area contributed by atoms with Crippen LogP contribution in [-0.4, -0.2) is 142 Å². The highest BCUT2D eigenvalue weighted by Crippen LogP contribution is 2.44. The van der Waals surface area contributed by atoms with Gasteiger partial charge in [-0.25, -0.2) is 0 Å². The molecule has 0 saturated carbocycles. The van der Waals surface area contributed by atoms with Crippen LogP contribution in [0, 0.1) is 16.2 Å². The molecule has 0 aliphatic carbocycles. The Morgan fingerprint density at radius 2 is 0.898 bits per heavy atom. The van der Waals surface area contributed by atoms with E-state index in [1.165, 1.54) is 0 Å². The molecule has 1 rings (SSSR count). The van der Waals surface area contributed by atoms with E-state index in [-0.39, 0.29) is 28.3 Å². The highest BCUT2D eigenvalue weighted by molar-refractivity contribution is 5.88. The van der Waals surface area contributed by atoms with Gasteiger partial charge in [0, 0.05) is 43.9 Å². The quantitative estimate of drug-likeness (QED) is 0.0945. The molecule has 1 fully saturated rings. The van der Waals surface area contributed by atoms with E-state index in [2.05, 4.69) is 13.8 Å². The molecule has 0 aromatic rings. The minimum Gasteiger partial charge on any atom is -0.382 e. The Hall–Kier alpha value is -1.51. The fourth-order valence-corrected chi connectivity index (χ4v) is 5.33. The summed E-state index contributed by atoms with van der Waals surface area (Å²) < 4.78 is 43.2. The standard InChI is InChI=1S/C37H69NO11/c1-8-36(6,9-2)33(40)31-37(30-32(39)35(3,4)5)11-13-38(14-12-37)34(41)10-15-43-18-19-45-22-23-47-26-27-49-29-28-48-25-24-46-21-20-44-17-16-42-7/h8-31H2,1-7H3. The molecule has 1 aliphatic rings. The number of rotatable bonds is 31. The molecule has 12 nitrogen and oxygen atoms in total. The summed E-state index contributed by atoms with van der Waals surface area (Å²) in [6.07, 6.45) is 3.98. The fourth-order valence-electron chi connectivity index (χ4n) is 5.33. The van der Waals surface area contributed by atoms with Gasteiger partial charge in [-0.05, 0) is 31.1 Å². The van der Waals surface area contributed by atoms with Crippen LogP contribution in [0.5, 0.6) is 0 Å². The third-order valence-electron chi connectivity index (χ3n) is 9.44. The van der Waals surface area contributed by atoms with E-state index < -0.39 is 5.41 Å². The predicted molar refractivity (Wildman–Crippen MR) is 188 cm³/mol. The molecule has 12 heteroatoms. The second-order valence-electron chi connectivity index (χ2n) is 14.1. The van der Waals surface area contributed by atoms with Crippen LogP contribution in [0.1, 0.15) is 86.5 Å². The average molecular weight is 704 g/mol. The van der Waals surface area contributed by atoms with Gasteiger partial charge < -0.3 is 42.8 Å². The Bertz CT molecular complexity index is 880. The van der Waals surface area contributed by atoms with Crippen molar-refractivity contribution in [3.8, 4) is 0 Å². The molecule has 0 radical (unpaired) electrons. The van der Waals surface area contributed by atoms with E-state index in [9.17, 15) is 14.4 Å². The Morgan fingerprint density at radius 1 is 0.551 bits per heavy atom. The summed E-state index contributed by atoms with van der Waals surface area (Å²) in [4.78, 5) is 41.3. The van der Waals surface area contributed by atoms with Crippen molar-refractivity contribution in [2.75, 3.05) is 119 Å². The zero-order valence-corrected chi connectivity index (χ0v) is 31.9. The number of nitrogens with zero attached hydrogens (tertiary/aromatic N) is 1. The summed E-state index contributed by atoms with van der Waals surface area (Å²) in [7, 11) is 1.64. The van der Waals surface area contributed by atoms with Gasteiger partial charge in [0.2, 0.25) is 5.91 Å². The zero-order valence-electron chi connectivity index (χ0n) is 31.9. The SMILES string of the molecule is CCC(C)(CC)C(=O)CC1(CC(=O)C(C)(C)C)CCN(C(=O)CCOCCOCCOCCOCCOCCOCCOCCOC)CC1. The largest absolute Gasteiger partial charge is 0.382 e. The van der Waals surface area contributed by atoms with Crippen LogP contribution in [-0.2, 0) is 52.3 Å². The van der Waals surface area contributed by atoms with Crippen LogP contribution < -0.4 is 0 Å². The lowest BCUT2D eigenvalue weighted by atomic mass is 9.65. The Balaban J connectivity index is 2.10. The van der Waals surface area contributed by atoms with Crippen LogP contribution >= 0.6 is 0 Å². The Morgan fingerprint density at radius 3 is 1.24 bits per heavy atom. The molecule has 0 N–H and O–H groups in total. The summed E-state index contributed by atoms with van der Waals surface area (Å²) in [6.45, 7) is 20.4. The van der Waals surface area contributed by atoms with E-state index in [0.29, 0.717) is 144 Å². The number of amides is 1. The summed E-state index contributed by atoms with van der Waals surface area (Å²) >= 11 is 0. The molecule has 1 heterocycles. The van der Waals surface area contributed by atoms with Crippen molar-refractivity contribution in [1.82, 2.24) is 4.90 Å². The molecule has 49 heavy (non-hydrogen) atoms. The van der Waals surface area contributed by atoms with Crippen molar-refractivity contribution in [2.45, 2.75) is 86.5 Å². The first-order valence-electron chi connectivity index (χ1n) is 18.3. The Kier molecular flexibility index (Phi) is 24.4. The molecular formula is C37H69NO11. The molecule has 1 amide bonds.